The largest absolute Gasteiger partial charge is 0.388 e. The van der Waals surface area contributed by atoms with Gasteiger partial charge in [-0.2, -0.15) is 0 Å². The van der Waals surface area contributed by atoms with Gasteiger partial charge in [0, 0.05) is 6.42 Å². The molecule has 0 amide bonds. The molecule has 3 heteroatoms. The minimum Gasteiger partial charge on any atom is -0.388 e. The number of rotatable bonds is 3. The minimum absolute atomic E-state index is 0.0894. The van der Waals surface area contributed by atoms with Crippen LogP contribution in [0.1, 0.15) is 33.9 Å². The molecule has 0 heterocycles. The highest BCUT2D eigenvalue weighted by Gasteiger charge is 2.13. The third-order valence-electron chi connectivity index (χ3n) is 3.65. The lowest BCUT2D eigenvalue weighted by Crippen LogP contribution is -2.05. The van der Waals surface area contributed by atoms with Crippen LogP contribution >= 0.6 is 11.6 Å². The third kappa shape index (κ3) is 3.20. The maximum atomic E-state index is 13.1. The van der Waals surface area contributed by atoms with Gasteiger partial charge >= 0.3 is 0 Å². The van der Waals surface area contributed by atoms with Crippen molar-refractivity contribution in [1.82, 2.24) is 0 Å². The van der Waals surface area contributed by atoms with Crippen molar-refractivity contribution >= 4 is 11.6 Å². The van der Waals surface area contributed by atoms with Crippen molar-refractivity contribution in [2.45, 2.75) is 33.3 Å². The van der Waals surface area contributed by atoms with Gasteiger partial charge in [0.25, 0.3) is 0 Å². The summed E-state index contributed by atoms with van der Waals surface area (Å²) in [5.74, 6) is -0.438. The van der Waals surface area contributed by atoms with E-state index >= 15 is 0 Å². The summed E-state index contributed by atoms with van der Waals surface area (Å²) in [6, 6.07) is 8.64. The van der Waals surface area contributed by atoms with Crippen molar-refractivity contribution < 1.29 is 9.50 Å². The molecule has 106 valence electrons. The number of aliphatic hydroxyl groups is 1. The van der Waals surface area contributed by atoms with Crippen molar-refractivity contribution in [2.75, 3.05) is 0 Å². The summed E-state index contributed by atoms with van der Waals surface area (Å²) in [6.07, 6.45) is -0.195. The second kappa shape index (κ2) is 5.94. The van der Waals surface area contributed by atoms with Gasteiger partial charge in [0.1, 0.15) is 5.82 Å². The standard InChI is InChI=1S/C17H18ClFO/c1-10-6-12(3)14(7-11(10)2)17(20)9-13-4-5-16(19)15(18)8-13/h4-8,17,20H,9H2,1-3H3. The highest BCUT2D eigenvalue weighted by molar-refractivity contribution is 6.30. The Morgan fingerprint density at radius 3 is 2.35 bits per heavy atom. The molecule has 20 heavy (non-hydrogen) atoms. The Bertz CT molecular complexity index is 637. The van der Waals surface area contributed by atoms with Gasteiger partial charge in [-0.1, -0.05) is 29.8 Å². The van der Waals surface area contributed by atoms with Crippen LogP contribution in [0.3, 0.4) is 0 Å². The number of hydrogen-bond acceptors (Lipinski definition) is 1. The van der Waals surface area contributed by atoms with Crippen LogP contribution < -0.4 is 0 Å². The number of benzene rings is 2. The normalized spacial score (nSPS) is 12.5. The molecule has 0 saturated carbocycles. The smallest absolute Gasteiger partial charge is 0.141 e. The molecule has 2 aromatic carbocycles. The zero-order chi connectivity index (χ0) is 14.9. The molecule has 0 radical (unpaired) electrons. The number of aryl methyl sites for hydroxylation is 3. The zero-order valence-electron chi connectivity index (χ0n) is 11.9. The molecule has 1 atom stereocenters. The predicted molar refractivity (Wildman–Crippen MR) is 80.7 cm³/mol. The second-order valence-corrected chi connectivity index (χ2v) is 5.67. The van der Waals surface area contributed by atoms with Crippen LogP contribution in [0.2, 0.25) is 5.02 Å². The Morgan fingerprint density at radius 1 is 1.05 bits per heavy atom. The molecule has 1 nitrogen and oxygen atoms in total. The first-order chi connectivity index (χ1) is 9.38. The highest BCUT2D eigenvalue weighted by atomic mass is 35.5. The Kier molecular flexibility index (Phi) is 4.46. The molecule has 2 rings (SSSR count). The number of halogens is 2. The molecule has 0 saturated heterocycles. The molecule has 1 unspecified atom stereocenters. The molecular formula is C17H18ClFO. The maximum absolute atomic E-state index is 13.1. The van der Waals surface area contributed by atoms with E-state index in [1.165, 1.54) is 11.6 Å². The second-order valence-electron chi connectivity index (χ2n) is 5.26. The average Bonchev–Trinajstić information content (AvgIpc) is 2.38. The van der Waals surface area contributed by atoms with E-state index in [2.05, 4.69) is 13.0 Å². The average molecular weight is 293 g/mol. The van der Waals surface area contributed by atoms with Crippen LogP contribution in [0.25, 0.3) is 0 Å². The quantitative estimate of drug-likeness (QED) is 0.871. The fourth-order valence-corrected chi connectivity index (χ4v) is 2.54. The number of hydrogen-bond donors (Lipinski definition) is 1. The van der Waals surface area contributed by atoms with E-state index in [1.807, 2.05) is 19.9 Å². The third-order valence-corrected chi connectivity index (χ3v) is 3.94. The predicted octanol–water partition coefficient (Wildman–Crippen LogP) is 4.68. The van der Waals surface area contributed by atoms with E-state index in [9.17, 15) is 9.50 Å². The van der Waals surface area contributed by atoms with Crippen LogP contribution in [-0.4, -0.2) is 5.11 Å². The molecule has 1 N–H and O–H groups in total. The first-order valence-electron chi connectivity index (χ1n) is 6.58. The zero-order valence-corrected chi connectivity index (χ0v) is 12.6. The Balaban J connectivity index is 2.25. The monoisotopic (exact) mass is 292 g/mol. The van der Waals surface area contributed by atoms with Crippen molar-refractivity contribution in [3.8, 4) is 0 Å². The van der Waals surface area contributed by atoms with Crippen molar-refractivity contribution in [2.24, 2.45) is 0 Å². The summed E-state index contributed by atoms with van der Waals surface area (Å²) in [6.45, 7) is 6.07. The minimum atomic E-state index is -0.615. The molecule has 0 fully saturated rings. The van der Waals surface area contributed by atoms with Crippen LogP contribution in [0.4, 0.5) is 4.39 Å². The summed E-state index contributed by atoms with van der Waals surface area (Å²) in [5, 5.41) is 10.5. The van der Waals surface area contributed by atoms with Gasteiger partial charge in [0.05, 0.1) is 11.1 Å². The number of aliphatic hydroxyl groups excluding tert-OH is 1. The topological polar surface area (TPSA) is 20.2 Å². The van der Waals surface area contributed by atoms with Crippen LogP contribution in [-0.2, 0) is 6.42 Å². The molecular weight excluding hydrogens is 275 g/mol. The van der Waals surface area contributed by atoms with Gasteiger partial charge in [-0.25, -0.2) is 4.39 Å². The molecule has 0 aliphatic carbocycles. The van der Waals surface area contributed by atoms with Gasteiger partial charge in [-0.3, -0.25) is 0 Å². The Labute approximate surface area is 124 Å². The van der Waals surface area contributed by atoms with Gasteiger partial charge in [0.15, 0.2) is 0 Å². The molecule has 0 aliphatic heterocycles. The van der Waals surface area contributed by atoms with Crippen LogP contribution in [0, 0.1) is 26.6 Å². The Hall–Kier alpha value is -1.38. The molecule has 0 spiro atoms. The molecule has 0 aliphatic rings. The van der Waals surface area contributed by atoms with E-state index < -0.39 is 11.9 Å². The molecule has 0 aromatic heterocycles. The van der Waals surface area contributed by atoms with Gasteiger partial charge < -0.3 is 5.11 Å². The van der Waals surface area contributed by atoms with Gasteiger partial charge in [-0.15, -0.1) is 0 Å². The first kappa shape index (κ1) is 15.0. The fraction of sp³-hybridized carbons (Fsp3) is 0.294. The lowest BCUT2D eigenvalue weighted by Gasteiger charge is -2.16. The molecule has 2 aromatic rings. The lowest BCUT2D eigenvalue weighted by molar-refractivity contribution is 0.177. The summed E-state index contributed by atoms with van der Waals surface area (Å²) in [5.41, 5.74) is 5.16. The SMILES string of the molecule is Cc1cc(C)c(C(O)Cc2ccc(F)c(Cl)c2)cc1C. The van der Waals surface area contributed by atoms with Crippen molar-refractivity contribution in [1.29, 1.82) is 0 Å². The van der Waals surface area contributed by atoms with Crippen molar-refractivity contribution in [3.63, 3.8) is 0 Å². The van der Waals surface area contributed by atoms with Gasteiger partial charge in [-0.05, 0) is 60.7 Å². The highest BCUT2D eigenvalue weighted by Crippen LogP contribution is 2.26. The van der Waals surface area contributed by atoms with Gasteiger partial charge in [0.2, 0.25) is 0 Å². The maximum Gasteiger partial charge on any atom is 0.141 e. The Morgan fingerprint density at radius 2 is 1.70 bits per heavy atom. The summed E-state index contributed by atoms with van der Waals surface area (Å²) < 4.78 is 13.1. The van der Waals surface area contributed by atoms with Crippen LogP contribution in [0.15, 0.2) is 30.3 Å². The first-order valence-corrected chi connectivity index (χ1v) is 6.96. The van der Waals surface area contributed by atoms with Crippen LogP contribution in [0.5, 0.6) is 0 Å². The summed E-state index contributed by atoms with van der Waals surface area (Å²) in [7, 11) is 0. The summed E-state index contributed by atoms with van der Waals surface area (Å²) in [4.78, 5) is 0. The van der Waals surface area contributed by atoms with E-state index in [4.69, 9.17) is 11.6 Å². The molecule has 0 bridgehead atoms. The fourth-order valence-electron chi connectivity index (χ4n) is 2.34. The lowest BCUT2D eigenvalue weighted by atomic mass is 9.94. The van der Waals surface area contributed by atoms with E-state index in [1.54, 1.807) is 12.1 Å². The van der Waals surface area contributed by atoms with E-state index in [0.717, 1.165) is 22.3 Å². The summed E-state index contributed by atoms with van der Waals surface area (Å²) >= 11 is 5.76. The van der Waals surface area contributed by atoms with E-state index in [-0.39, 0.29) is 5.02 Å². The van der Waals surface area contributed by atoms with E-state index in [0.29, 0.717) is 6.42 Å². The van der Waals surface area contributed by atoms with Crippen molar-refractivity contribution in [3.05, 3.63) is 69.0 Å².